The molecule has 0 radical (unpaired) electrons. The molecule has 1 aromatic rings. The van der Waals surface area contributed by atoms with Gasteiger partial charge in [-0.3, -0.25) is 14.5 Å². The number of nitrogens with zero attached hydrogens (tertiary/aromatic N) is 3. The van der Waals surface area contributed by atoms with Crippen LogP contribution >= 0.6 is 0 Å². The fourth-order valence-electron chi connectivity index (χ4n) is 4.91. The number of hydrogen-bond acceptors (Lipinski definition) is 5. The second-order valence-corrected chi connectivity index (χ2v) is 8.54. The Labute approximate surface area is 185 Å². The van der Waals surface area contributed by atoms with E-state index in [2.05, 4.69) is 15.1 Å². The van der Waals surface area contributed by atoms with Crippen LogP contribution in [0.3, 0.4) is 0 Å². The fourth-order valence-corrected chi connectivity index (χ4v) is 4.91. The summed E-state index contributed by atoms with van der Waals surface area (Å²) in [6.07, 6.45) is -4.18. The molecule has 176 valence electrons. The maximum Gasteiger partial charge on any atom is 0.416 e. The number of amides is 2. The molecule has 2 amide bonds. The Morgan fingerprint density at radius 1 is 1.16 bits per heavy atom. The van der Waals surface area contributed by atoms with Gasteiger partial charge in [0.15, 0.2) is 0 Å². The number of alkyl halides is 3. The molecule has 0 aromatic heterocycles. The van der Waals surface area contributed by atoms with Crippen LogP contribution < -0.4 is 10.2 Å². The van der Waals surface area contributed by atoms with E-state index in [4.69, 9.17) is 4.74 Å². The molecule has 4 rings (SSSR count). The Kier molecular flexibility index (Phi) is 6.62. The lowest BCUT2D eigenvalue weighted by Crippen LogP contribution is -2.62. The molecule has 2 saturated heterocycles. The molecule has 10 heteroatoms. The van der Waals surface area contributed by atoms with Crippen LogP contribution in [-0.4, -0.2) is 86.7 Å². The highest BCUT2D eigenvalue weighted by molar-refractivity contribution is 5.82. The molecule has 2 fully saturated rings. The molecule has 32 heavy (non-hydrogen) atoms. The molecule has 0 saturated carbocycles. The number of carbonyl (C=O) groups excluding carboxylic acids is 2. The molecule has 3 aliphatic heterocycles. The summed E-state index contributed by atoms with van der Waals surface area (Å²) in [5.74, 6) is -0.596. The first kappa shape index (κ1) is 22.8. The molecule has 7 nitrogen and oxygen atoms in total. The van der Waals surface area contributed by atoms with E-state index >= 15 is 0 Å². The van der Waals surface area contributed by atoms with Crippen molar-refractivity contribution < 1.29 is 27.5 Å². The van der Waals surface area contributed by atoms with E-state index in [-0.39, 0.29) is 30.8 Å². The first-order valence-electron chi connectivity index (χ1n) is 11.1. The van der Waals surface area contributed by atoms with Gasteiger partial charge in [-0.15, -0.1) is 0 Å². The van der Waals surface area contributed by atoms with Crippen molar-refractivity contribution in [3.63, 3.8) is 0 Å². The van der Waals surface area contributed by atoms with Crippen LogP contribution in [0.1, 0.15) is 18.1 Å². The number of fused-ring (bicyclic) bond motifs is 3. The molecule has 0 bridgehead atoms. The minimum Gasteiger partial charge on any atom is -0.378 e. The number of rotatable bonds is 4. The number of benzene rings is 1. The molecule has 1 N–H and O–H groups in total. The van der Waals surface area contributed by atoms with Gasteiger partial charge in [0.25, 0.3) is 0 Å². The SMILES string of the molecule is CCNC(=O)[C@@H]1Cc2cc(C(F)(F)F)ccc2N2CCN(CC(=O)N3CCOCC3)C[C@H]12. The molecular formula is C22H29F3N4O3. The number of anilines is 1. The van der Waals surface area contributed by atoms with E-state index in [0.717, 1.165) is 11.8 Å². The second-order valence-electron chi connectivity index (χ2n) is 8.54. The molecule has 0 unspecified atom stereocenters. The maximum atomic E-state index is 13.3. The number of hydrogen-bond donors (Lipinski definition) is 1. The predicted octanol–water partition coefficient (Wildman–Crippen LogP) is 1.36. The van der Waals surface area contributed by atoms with Gasteiger partial charge in [-0.05, 0) is 37.1 Å². The standard InChI is InChI=1S/C22H29F3N4O3/c1-2-26-21(31)17-12-15-11-16(22(23,24)25)3-4-18(15)29-6-5-27(13-19(17)29)14-20(30)28-7-9-32-10-8-28/h3-4,11,17,19H,2,5-10,12-14H2,1H3,(H,26,31)/t17-,19-/m1/s1. The average molecular weight is 454 g/mol. The van der Waals surface area contributed by atoms with Crippen LogP contribution in [0.2, 0.25) is 0 Å². The van der Waals surface area contributed by atoms with Gasteiger partial charge in [-0.25, -0.2) is 0 Å². The van der Waals surface area contributed by atoms with Crippen molar-refractivity contribution in [1.29, 1.82) is 0 Å². The highest BCUT2D eigenvalue weighted by atomic mass is 19.4. The third-order valence-corrected chi connectivity index (χ3v) is 6.53. The Balaban J connectivity index is 1.54. The van der Waals surface area contributed by atoms with Gasteiger partial charge in [-0.1, -0.05) is 0 Å². The summed E-state index contributed by atoms with van der Waals surface area (Å²) in [4.78, 5) is 31.5. The fraction of sp³-hybridized carbons (Fsp3) is 0.636. The van der Waals surface area contributed by atoms with Gasteiger partial charge < -0.3 is 19.9 Å². The number of halogens is 3. The summed E-state index contributed by atoms with van der Waals surface area (Å²) in [7, 11) is 0. The Hall–Kier alpha value is -2.33. The lowest BCUT2D eigenvalue weighted by molar-refractivity contribution is -0.138. The quantitative estimate of drug-likeness (QED) is 0.745. The van der Waals surface area contributed by atoms with E-state index in [0.29, 0.717) is 58.0 Å². The second kappa shape index (κ2) is 9.27. The van der Waals surface area contributed by atoms with E-state index in [1.165, 1.54) is 12.1 Å². The van der Waals surface area contributed by atoms with Crippen LogP contribution in [0.15, 0.2) is 18.2 Å². The lowest BCUT2D eigenvalue weighted by Gasteiger charge is -2.49. The lowest BCUT2D eigenvalue weighted by atomic mass is 9.82. The number of carbonyl (C=O) groups is 2. The molecule has 3 heterocycles. The van der Waals surface area contributed by atoms with Crippen LogP contribution in [0.25, 0.3) is 0 Å². The number of morpholine rings is 1. The Morgan fingerprint density at radius 3 is 2.59 bits per heavy atom. The highest BCUT2D eigenvalue weighted by Crippen LogP contribution is 2.39. The molecular weight excluding hydrogens is 425 g/mol. The summed E-state index contributed by atoms with van der Waals surface area (Å²) in [5, 5.41) is 2.84. The van der Waals surface area contributed by atoms with Crippen molar-refractivity contribution in [2.45, 2.75) is 25.6 Å². The monoisotopic (exact) mass is 454 g/mol. The third-order valence-electron chi connectivity index (χ3n) is 6.53. The number of ether oxygens (including phenoxy) is 1. The largest absolute Gasteiger partial charge is 0.416 e. The highest BCUT2D eigenvalue weighted by Gasteiger charge is 2.43. The Morgan fingerprint density at radius 2 is 1.91 bits per heavy atom. The zero-order chi connectivity index (χ0) is 22.9. The molecule has 0 spiro atoms. The summed E-state index contributed by atoms with van der Waals surface area (Å²) < 4.78 is 45.1. The van der Waals surface area contributed by atoms with Gasteiger partial charge in [0, 0.05) is 45.0 Å². The zero-order valence-electron chi connectivity index (χ0n) is 18.2. The first-order chi connectivity index (χ1) is 15.3. The van der Waals surface area contributed by atoms with Crippen molar-refractivity contribution in [3.05, 3.63) is 29.3 Å². The van der Waals surface area contributed by atoms with Crippen molar-refractivity contribution in [2.24, 2.45) is 5.92 Å². The molecule has 2 atom stereocenters. The van der Waals surface area contributed by atoms with Gasteiger partial charge in [0.05, 0.1) is 37.3 Å². The van der Waals surface area contributed by atoms with Crippen molar-refractivity contribution in [1.82, 2.24) is 15.1 Å². The van der Waals surface area contributed by atoms with E-state index in [9.17, 15) is 22.8 Å². The van der Waals surface area contributed by atoms with E-state index in [1.807, 2.05) is 6.92 Å². The van der Waals surface area contributed by atoms with Crippen molar-refractivity contribution in [3.8, 4) is 0 Å². The van der Waals surface area contributed by atoms with E-state index in [1.54, 1.807) is 4.90 Å². The van der Waals surface area contributed by atoms with Gasteiger partial charge in [0.2, 0.25) is 11.8 Å². The van der Waals surface area contributed by atoms with Crippen LogP contribution in [0.4, 0.5) is 18.9 Å². The number of piperazine rings is 1. The zero-order valence-corrected chi connectivity index (χ0v) is 18.2. The summed E-state index contributed by atoms with van der Waals surface area (Å²) in [6.45, 7) is 6.46. The average Bonchev–Trinajstić information content (AvgIpc) is 2.78. The number of nitrogens with one attached hydrogen (secondary N) is 1. The molecule has 3 aliphatic rings. The molecule has 1 aromatic carbocycles. The minimum atomic E-state index is -4.42. The Bertz CT molecular complexity index is 857. The van der Waals surface area contributed by atoms with Gasteiger partial charge in [-0.2, -0.15) is 13.2 Å². The van der Waals surface area contributed by atoms with Crippen molar-refractivity contribution in [2.75, 3.05) is 63.9 Å². The minimum absolute atomic E-state index is 0.0438. The first-order valence-corrected chi connectivity index (χ1v) is 11.1. The predicted molar refractivity (Wildman–Crippen MR) is 112 cm³/mol. The van der Waals surface area contributed by atoms with E-state index < -0.39 is 17.7 Å². The van der Waals surface area contributed by atoms with Crippen molar-refractivity contribution >= 4 is 17.5 Å². The maximum absolute atomic E-state index is 13.3. The van der Waals surface area contributed by atoms with Crippen LogP contribution in [0, 0.1) is 5.92 Å². The van der Waals surface area contributed by atoms with Gasteiger partial charge >= 0.3 is 6.18 Å². The van der Waals surface area contributed by atoms with Crippen LogP contribution in [0.5, 0.6) is 0 Å². The van der Waals surface area contributed by atoms with Gasteiger partial charge in [0.1, 0.15) is 0 Å². The smallest absolute Gasteiger partial charge is 0.378 e. The molecule has 0 aliphatic carbocycles. The normalized spacial score (nSPS) is 24.0. The summed E-state index contributed by atoms with van der Waals surface area (Å²) in [6, 6.07) is 3.60. The van der Waals surface area contributed by atoms with Crippen LogP contribution in [-0.2, 0) is 26.9 Å². The summed E-state index contributed by atoms with van der Waals surface area (Å²) >= 11 is 0. The third kappa shape index (κ3) is 4.71. The summed E-state index contributed by atoms with van der Waals surface area (Å²) in [5.41, 5.74) is 0.604. The topological polar surface area (TPSA) is 65.1 Å².